The molecular formula is C32H35BrN8O3. The molecule has 0 radical (unpaired) electrons. The molecule has 2 fully saturated rings. The maximum absolute atomic E-state index is 14.1. The van der Waals surface area contributed by atoms with E-state index in [1.807, 2.05) is 58.0 Å². The average Bonchev–Trinajstić information content (AvgIpc) is 3.42. The number of anilines is 1. The van der Waals surface area contributed by atoms with Crippen LogP contribution in [0.15, 0.2) is 47.3 Å². The van der Waals surface area contributed by atoms with Crippen LogP contribution in [0.2, 0.25) is 0 Å². The summed E-state index contributed by atoms with van der Waals surface area (Å²) in [6, 6.07) is 8.57. The summed E-state index contributed by atoms with van der Waals surface area (Å²) in [6.07, 6.45) is 5.85. The van der Waals surface area contributed by atoms with Crippen LogP contribution in [-0.2, 0) is 16.1 Å². The van der Waals surface area contributed by atoms with E-state index < -0.39 is 6.04 Å². The Hall–Kier alpha value is -4.19. The van der Waals surface area contributed by atoms with Gasteiger partial charge in [-0.25, -0.2) is 15.0 Å². The summed E-state index contributed by atoms with van der Waals surface area (Å²) in [4.78, 5) is 55.8. The van der Waals surface area contributed by atoms with Crippen LogP contribution in [0.25, 0.3) is 22.0 Å². The van der Waals surface area contributed by atoms with Crippen molar-refractivity contribution in [2.45, 2.75) is 78.6 Å². The van der Waals surface area contributed by atoms with E-state index in [1.54, 1.807) is 22.0 Å². The van der Waals surface area contributed by atoms with Crippen LogP contribution >= 0.6 is 15.9 Å². The fourth-order valence-corrected chi connectivity index (χ4v) is 6.67. The van der Waals surface area contributed by atoms with Gasteiger partial charge in [0.1, 0.15) is 28.8 Å². The summed E-state index contributed by atoms with van der Waals surface area (Å²) in [5.74, 6) is 0.339. The molecule has 0 unspecified atom stereocenters. The summed E-state index contributed by atoms with van der Waals surface area (Å²) < 4.78 is 2.19. The van der Waals surface area contributed by atoms with Crippen LogP contribution in [0.5, 0.6) is 0 Å². The quantitative estimate of drug-likeness (QED) is 0.272. The summed E-state index contributed by atoms with van der Waals surface area (Å²) >= 11 is 3.37. The first-order valence-corrected chi connectivity index (χ1v) is 15.6. The molecule has 11 nitrogen and oxygen atoms in total. The molecule has 1 aliphatic carbocycles. The number of benzene rings is 1. The lowest BCUT2D eigenvalue weighted by atomic mass is 9.66. The molecule has 4 heterocycles. The summed E-state index contributed by atoms with van der Waals surface area (Å²) in [5.41, 5.74) is 3.23. The van der Waals surface area contributed by atoms with Gasteiger partial charge in [0, 0.05) is 35.4 Å². The van der Waals surface area contributed by atoms with Crippen LogP contribution in [-0.4, -0.2) is 65.5 Å². The van der Waals surface area contributed by atoms with Crippen molar-refractivity contribution < 1.29 is 14.4 Å². The first-order chi connectivity index (χ1) is 20.9. The molecule has 6 rings (SSSR count). The number of aromatic nitrogens is 5. The Morgan fingerprint density at radius 1 is 1.09 bits per heavy atom. The normalized spacial score (nSPS) is 20.8. The molecule has 2 N–H and O–H groups in total. The highest BCUT2D eigenvalue weighted by molar-refractivity contribution is 9.10. The van der Waals surface area contributed by atoms with Gasteiger partial charge in [-0.15, -0.1) is 0 Å². The molecule has 0 spiro atoms. The summed E-state index contributed by atoms with van der Waals surface area (Å²) in [7, 11) is 0. The molecular weight excluding hydrogens is 624 g/mol. The summed E-state index contributed by atoms with van der Waals surface area (Å²) in [5, 5.41) is 11.2. The highest BCUT2D eigenvalue weighted by Crippen LogP contribution is 2.54. The fraction of sp³-hybridized carbons (Fsp3) is 0.406. The maximum Gasteiger partial charge on any atom is 0.272 e. The first-order valence-electron chi connectivity index (χ1n) is 14.8. The minimum absolute atomic E-state index is 0.0407. The van der Waals surface area contributed by atoms with Crippen LogP contribution in [0, 0.1) is 19.3 Å². The molecule has 1 saturated carbocycles. The number of rotatable bonds is 7. The summed E-state index contributed by atoms with van der Waals surface area (Å²) in [6.45, 7) is 9.50. The van der Waals surface area contributed by atoms with Crippen molar-refractivity contribution in [1.29, 1.82) is 0 Å². The number of aryl methyl sites for hydroxylation is 2. The van der Waals surface area contributed by atoms with Gasteiger partial charge in [-0.2, -0.15) is 5.10 Å². The van der Waals surface area contributed by atoms with Gasteiger partial charge in [0.25, 0.3) is 5.91 Å². The number of halogens is 1. The smallest absolute Gasteiger partial charge is 0.272 e. The molecule has 3 amide bonds. The molecule has 4 aromatic rings. The second-order valence-corrected chi connectivity index (χ2v) is 13.2. The van der Waals surface area contributed by atoms with Crippen LogP contribution in [0.1, 0.15) is 61.9 Å². The molecule has 1 aliphatic heterocycles. The van der Waals surface area contributed by atoms with Crippen molar-refractivity contribution in [3.8, 4) is 11.1 Å². The molecule has 0 bridgehead atoms. The van der Waals surface area contributed by atoms with E-state index in [4.69, 9.17) is 0 Å². The van der Waals surface area contributed by atoms with Crippen molar-refractivity contribution in [3.63, 3.8) is 0 Å². The van der Waals surface area contributed by atoms with Crippen molar-refractivity contribution in [3.05, 3.63) is 64.4 Å². The minimum Gasteiger partial charge on any atom is -0.348 e. The molecule has 44 heavy (non-hydrogen) atoms. The molecule has 1 aromatic carbocycles. The van der Waals surface area contributed by atoms with E-state index in [-0.39, 0.29) is 47.5 Å². The zero-order valence-corrected chi connectivity index (χ0v) is 27.0. The Bertz CT molecular complexity index is 1790. The number of amides is 3. The average molecular weight is 660 g/mol. The monoisotopic (exact) mass is 658 g/mol. The number of nitrogens with zero attached hydrogens (tertiary/aromatic N) is 6. The molecule has 1 saturated heterocycles. The topological polar surface area (TPSA) is 135 Å². The third-order valence-corrected chi connectivity index (χ3v) is 9.25. The third kappa shape index (κ3) is 5.47. The highest BCUT2D eigenvalue weighted by atomic mass is 79.9. The molecule has 3 aromatic heterocycles. The van der Waals surface area contributed by atoms with Crippen molar-refractivity contribution >= 4 is 50.4 Å². The number of carbonyl (C=O) groups excluding carboxylic acids is 3. The predicted molar refractivity (Wildman–Crippen MR) is 170 cm³/mol. The third-order valence-electron chi connectivity index (χ3n) is 8.80. The van der Waals surface area contributed by atoms with Gasteiger partial charge in [0.05, 0.1) is 5.52 Å². The predicted octanol–water partition coefficient (Wildman–Crippen LogP) is 4.81. The second kappa shape index (κ2) is 11.4. The number of pyridine rings is 1. The van der Waals surface area contributed by atoms with E-state index in [0.29, 0.717) is 33.6 Å². The highest BCUT2D eigenvalue weighted by Gasteiger charge is 2.58. The van der Waals surface area contributed by atoms with Gasteiger partial charge in [-0.3, -0.25) is 19.1 Å². The Kier molecular flexibility index (Phi) is 7.73. The number of nitrogens with one attached hydrogen (secondary N) is 2. The van der Waals surface area contributed by atoms with Crippen molar-refractivity contribution in [2.75, 3.05) is 5.32 Å². The Balaban J connectivity index is 1.33. The number of hydrogen-bond donors (Lipinski definition) is 2. The Labute approximate surface area is 264 Å². The van der Waals surface area contributed by atoms with E-state index in [0.717, 1.165) is 29.5 Å². The zero-order chi connectivity index (χ0) is 31.3. The molecule has 3 atom stereocenters. The standard InChI is InChI=1S/C32H35BrN8O3/c1-17(2)36-31(44)28-22-12-20(21-14-34-19(4)35-15-21)7-8-23(22)40(39-28)16-27(42)41-24(13-32(5)11-10-25(32)41)30(43)38-29-18(3)6-9-26(33)37-29/h6-9,12,14-15,17,24-25H,10-11,13,16H2,1-5H3,(H,36,44)(H,37,38,43)/t24-,25+,32+/m0/s1. The Morgan fingerprint density at radius 2 is 1.84 bits per heavy atom. The second-order valence-electron chi connectivity index (χ2n) is 12.4. The van der Waals surface area contributed by atoms with Gasteiger partial charge >= 0.3 is 0 Å². The minimum atomic E-state index is -0.640. The largest absolute Gasteiger partial charge is 0.348 e. The van der Waals surface area contributed by atoms with Crippen molar-refractivity contribution in [2.24, 2.45) is 5.41 Å². The van der Waals surface area contributed by atoms with Gasteiger partial charge in [0.2, 0.25) is 11.8 Å². The number of carbonyl (C=O) groups is 3. The van der Waals surface area contributed by atoms with Gasteiger partial charge in [-0.1, -0.05) is 19.1 Å². The lowest BCUT2D eigenvalue weighted by Crippen LogP contribution is -2.52. The van der Waals surface area contributed by atoms with E-state index in [1.165, 1.54) is 0 Å². The number of hydrogen-bond acceptors (Lipinski definition) is 7. The van der Waals surface area contributed by atoms with Gasteiger partial charge < -0.3 is 15.5 Å². The molecule has 2 aliphatic rings. The zero-order valence-electron chi connectivity index (χ0n) is 25.4. The maximum atomic E-state index is 14.1. The van der Waals surface area contributed by atoms with E-state index in [2.05, 4.69) is 53.5 Å². The fourth-order valence-electron chi connectivity index (χ4n) is 6.36. The van der Waals surface area contributed by atoms with Crippen LogP contribution < -0.4 is 10.6 Å². The van der Waals surface area contributed by atoms with Crippen LogP contribution in [0.4, 0.5) is 5.82 Å². The van der Waals surface area contributed by atoms with Crippen molar-refractivity contribution in [1.82, 2.24) is 34.9 Å². The lowest BCUT2D eigenvalue weighted by Gasteiger charge is -2.44. The first kappa shape index (κ1) is 29.9. The van der Waals surface area contributed by atoms with E-state index in [9.17, 15) is 14.4 Å². The SMILES string of the molecule is Cc1ncc(-c2ccc3c(c2)c(C(=O)NC(C)C)nn3CC(=O)N2[C@H](C(=O)Nc3nc(Br)ccc3C)C[C@@]3(C)CC[C@@H]23)cn1. The molecule has 12 heteroatoms. The molecule has 228 valence electrons. The number of likely N-dealkylation sites (tertiary alicyclic amines) is 1. The lowest BCUT2D eigenvalue weighted by molar-refractivity contribution is -0.141. The van der Waals surface area contributed by atoms with Crippen LogP contribution in [0.3, 0.4) is 0 Å². The Morgan fingerprint density at radius 3 is 2.52 bits per heavy atom. The number of fused-ring (bicyclic) bond motifs is 2. The van der Waals surface area contributed by atoms with Gasteiger partial charge in [-0.05, 0) is 97.6 Å². The van der Waals surface area contributed by atoms with E-state index >= 15 is 0 Å². The van der Waals surface area contributed by atoms with Gasteiger partial charge in [0.15, 0.2) is 5.69 Å².